The van der Waals surface area contributed by atoms with Crippen LogP contribution in [0.5, 0.6) is 0 Å². The highest BCUT2D eigenvalue weighted by Crippen LogP contribution is 2.25. The van der Waals surface area contributed by atoms with Crippen LogP contribution in [0.1, 0.15) is 11.1 Å². The van der Waals surface area contributed by atoms with Crippen molar-refractivity contribution in [1.82, 2.24) is 15.5 Å². The molecule has 0 amide bonds. The molecule has 0 saturated heterocycles. The van der Waals surface area contributed by atoms with E-state index in [0.717, 1.165) is 16.7 Å². The Morgan fingerprint density at radius 3 is 2.18 bits per heavy atom. The predicted octanol–water partition coefficient (Wildman–Crippen LogP) is 6.13. The van der Waals surface area contributed by atoms with Gasteiger partial charge in [0.1, 0.15) is 17.7 Å². The molecule has 1 heterocycles. The van der Waals surface area contributed by atoms with Crippen molar-refractivity contribution >= 4 is 5.97 Å². The molecule has 0 aliphatic rings. The van der Waals surface area contributed by atoms with E-state index in [1.807, 2.05) is 54.6 Å². The Labute approximate surface area is 217 Å². The summed E-state index contributed by atoms with van der Waals surface area (Å²) in [5, 5.41) is 16.6. The lowest BCUT2D eigenvalue weighted by Crippen LogP contribution is -2.38. The molecule has 38 heavy (non-hydrogen) atoms. The Bertz CT molecular complexity index is 1540. The third-order valence-electron chi connectivity index (χ3n) is 6.14. The van der Waals surface area contributed by atoms with Gasteiger partial charge >= 0.3 is 5.97 Å². The fourth-order valence-corrected chi connectivity index (χ4v) is 4.08. The smallest absolute Gasteiger partial charge is 0.321 e. The summed E-state index contributed by atoms with van der Waals surface area (Å²) in [4.78, 5) is 16.1. The lowest BCUT2D eigenvalue weighted by Gasteiger charge is -2.15. The van der Waals surface area contributed by atoms with Crippen molar-refractivity contribution in [3.8, 4) is 34.0 Å². The second-order valence-electron chi connectivity index (χ2n) is 8.78. The van der Waals surface area contributed by atoms with Gasteiger partial charge in [0.05, 0.1) is 5.56 Å². The van der Waals surface area contributed by atoms with Gasteiger partial charge in [-0.25, -0.2) is 8.78 Å². The second-order valence-corrected chi connectivity index (χ2v) is 8.78. The van der Waals surface area contributed by atoms with Crippen LogP contribution in [0.15, 0.2) is 102 Å². The van der Waals surface area contributed by atoms with Crippen LogP contribution in [-0.4, -0.2) is 27.3 Å². The van der Waals surface area contributed by atoms with Crippen LogP contribution in [0.25, 0.3) is 34.0 Å². The van der Waals surface area contributed by atoms with Gasteiger partial charge in [0.25, 0.3) is 5.89 Å². The largest absolute Gasteiger partial charge is 0.480 e. The molecule has 0 radical (unpaired) electrons. The zero-order valence-corrected chi connectivity index (χ0v) is 20.1. The van der Waals surface area contributed by atoms with Crippen molar-refractivity contribution in [3.63, 3.8) is 0 Å². The Morgan fingerprint density at radius 1 is 0.842 bits per heavy atom. The molecule has 6 nitrogen and oxygen atoms in total. The summed E-state index contributed by atoms with van der Waals surface area (Å²) in [6, 6.07) is 26.9. The van der Waals surface area contributed by atoms with Crippen molar-refractivity contribution in [2.45, 2.75) is 19.0 Å². The molecule has 5 aromatic rings. The molecule has 0 aliphatic heterocycles. The third-order valence-corrected chi connectivity index (χ3v) is 6.14. The number of rotatable bonds is 9. The second kappa shape index (κ2) is 11.1. The van der Waals surface area contributed by atoms with Crippen LogP contribution >= 0.6 is 0 Å². The van der Waals surface area contributed by atoms with Gasteiger partial charge in [0, 0.05) is 12.1 Å². The number of carboxylic acid groups (broad SMARTS) is 1. The maximum Gasteiger partial charge on any atom is 0.321 e. The average Bonchev–Trinajstić information content (AvgIpc) is 3.42. The van der Waals surface area contributed by atoms with Gasteiger partial charge in [0.15, 0.2) is 0 Å². The molecule has 0 bridgehead atoms. The summed E-state index contributed by atoms with van der Waals surface area (Å²) in [5.41, 5.74) is 4.25. The summed E-state index contributed by atoms with van der Waals surface area (Å²) in [6.07, 6.45) is 0.0850. The summed E-state index contributed by atoms with van der Waals surface area (Å²) in [5.74, 6) is -1.85. The number of hydrogen-bond donors (Lipinski definition) is 2. The van der Waals surface area contributed by atoms with E-state index in [9.17, 15) is 18.7 Å². The Hall–Kier alpha value is -4.69. The molecule has 5 rings (SSSR count). The number of carboxylic acids is 1. The molecule has 2 N–H and O–H groups in total. The number of halogens is 2. The predicted molar refractivity (Wildman–Crippen MR) is 139 cm³/mol. The Kier molecular flexibility index (Phi) is 7.33. The van der Waals surface area contributed by atoms with Gasteiger partial charge in [-0.05, 0) is 65.1 Å². The zero-order chi connectivity index (χ0) is 26.5. The van der Waals surface area contributed by atoms with Gasteiger partial charge in [-0.15, -0.1) is 0 Å². The minimum atomic E-state index is -1.03. The summed E-state index contributed by atoms with van der Waals surface area (Å²) >= 11 is 0. The van der Waals surface area contributed by atoms with E-state index in [-0.39, 0.29) is 23.7 Å². The lowest BCUT2D eigenvalue weighted by atomic mass is 10.0. The molecule has 0 spiro atoms. The molecule has 0 aliphatic carbocycles. The van der Waals surface area contributed by atoms with Crippen LogP contribution in [0, 0.1) is 11.6 Å². The first-order chi connectivity index (χ1) is 18.5. The molecular formula is C30H23F2N3O3. The van der Waals surface area contributed by atoms with Gasteiger partial charge < -0.3 is 14.9 Å². The number of aromatic nitrogens is 2. The SMILES string of the molecule is O=C(O)C(Cc1ccc(-c2noc(-c3ccc(F)cc3)n2)c(F)c1)NCc1ccc(-c2ccccc2)cc1. The maximum absolute atomic E-state index is 14.9. The fourth-order valence-electron chi connectivity index (χ4n) is 4.08. The number of hydrogen-bond acceptors (Lipinski definition) is 5. The van der Waals surface area contributed by atoms with Gasteiger partial charge in [-0.2, -0.15) is 4.98 Å². The van der Waals surface area contributed by atoms with Crippen molar-refractivity contribution in [2.75, 3.05) is 0 Å². The number of nitrogens with one attached hydrogen (secondary N) is 1. The van der Waals surface area contributed by atoms with E-state index in [4.69, 9.17) is 4.52 Å². The van der Waals surface area contributed by atoms with Crippen molar-refractivity contribution < 1.29 is 23.2 Å². The van der Waals surface area contributed by atoms with Crippen molar-refractivity contribution in [2.24, 2.45) is 0 Å². The highest BCUT2D eigenvalue weighted by Gasteiger charge is 2.20. The van der Waals surface area contributed by atoms with Gasteiger partial charge in [-0.1, -0.05) is 65.8 Å². The quantitative estimate of drug-likeness (QED) is 0.247. The maximum atomic E-state index is 14.9. The minimum Gasteiger partial charge on any atom is -0.480 e. The van der Waals surface area contributed by atoms with Crippen molar-refractivity contribution in [1.29, 1.82) is 0 Å². The van der Waals surface area contributed by atoms with Crippen LogP contribution in [0.2, 0.25) is 0 Å². The Balaban J connectivity index is 1.24. The van der Waals surface area contributed by atoms with Crippen LogP contribution in [-0.2, 0) is 17.8 Å². The topological polar surface area (TPSA) is 88.2 Å². The minimum absolute atomic E-state index is 0.0419. The van der Waals surface area contributed by atoms with Crippen molar-refractivity contribution in [3.05, 3.63) is 120 Å². The molecule has 8 heteroatoms. The van der Waals surface area contributed by atoms with Crippen LogP contribution in [0.4, 0.5) is 8.78 Å². The molecule has 0 fully saturated rings. The Morgan fingerprint density at radius 2 is 1.50 bits per heavy atom. The fraction of sp³-hybridized carbons (Fsp3) is 0.100. The molecule has 0 saturated carbocycles. The number of aliphatic carboxylic acids is 1. The van der Waals surface area contributed by atoms with E-state index in [0.29, 0.717) is 17.7 Å². The third kappa shape index (κ3) is 5.82. The number of nitrogens with zero attached hydrogens (tertiary/aromatic N) is 2. The molecule has 1 unspecified atom stereocenters. The normalized spacial score (nSPS) is 11.8. The van der Waals surface area contributed by atoms with Crippen LogP contribution in [0.3, 0.4) is 0 Å². The number of carbonyl (C=O) groups is 1. The van der Waals surface area contributed by atoms with E-state index in [1.54, 1.807) is 6.07 Å². The average molecular weight is 512 g/mol. The van der Waals surface area contributed by atoms with E-state index >= 15 is 0 Å². The molecule has 1 atom stereocenters. The lowest BCUT2D eigenvalue weighted by molar-refractivity contribution is -0.139. The molecule has 1 aromatic heterocycles. The molecule has 190 valence electrons. The summed E-state index contributed by atoms with van der Waals surface area (Å²) in [7, 11) is 0. The standard InChI is InChI=1S/C30H23F2N3O3/c31-24-13-11-23(12-14-24)29-34-28(35-38-29)25-15-8-20(16-26(25)32)17-27(30(36)37)33-18-19-6-9-22(10-7-19)21-4-2-1-3-5-21/h1-16,27,33H,17-18H2,(H,36,37). The van der Waals surface area contributed by atoms with Gasteiger partial charge in [-0.3, -0.25) is 4.79 Å². The zero-order valence-electron chi connectivity index (χ0n) is 20.1. The molecular weight excluding hydrogens is 488 g/mol. The first-order valence-electron chi connectivity index (χ1n) is 12.0. The van der Waals surface area contributed by atoms with E-state index < -0.39 is 23.6 Å². The highest BCUT2D eigenvalue weighted by molar-refractivity contribution is 5.74. The van der Waals surface area contributed by atoms with E-state index in [1.165, 1.54) is 36.4 Å². The van der Waals surface area contributed by atoms with Gasteiger partial charge in [0.2, 0.25) is 5.82 Å². The summed E-state index contributed by atoms with van der Waals surface area (Å²) < 4.78 is 33.3. The molecule has 4 aromatic carbocycles. The monoisotopic (exact) mass is 511 g/mol. The van der Waals surface area contributed by atoms with Crippen LogP contribution < -0.4 is 5.32 Å². The van der Waals surface area contributed by atoms with E-state index in [2.05, 4.69) is 15.5 Å². The highest BCUT2D eigenvalue weighted by atomic mass is 19.1. The summed E-state index contributed by atoms with van der Waals surface area (Å²) in [6.45, 7) is 0.349. The first kappa shape index (κ1) is 25.0. The number of benzene rings is 4. The first-order valence-corrected chi connectivity index (χ1v) is 12.0.